The molecule has 1 rings (SSSR count). The Kier molecular flexibility index (Phi) is 4.93. The molecule has 0 aliphatic carbocycles. The largest absolute Gasteiger partial charge is 0.416 e. The molecule has 0 amide bonds. The minimum absolute atomic E-state index is 0.146. The summed E-state index contributed by atoms with van der Waals surface area (Å²) < 4.78 is 37.5. The van der Waals surface area contributed by atoms with Crippen LogP contribution < -0.4 is 0 Å². The minimum atomic E-state index is -4.40. The van der Waals surface area contributed by atoms with Crippen molar-refractivity contribution in [2.75, 3.05) is 0 Å². The molecule has 0 N–H and O–H groups in total. The van der Waals surface area contributed by atoms with Crippen molar-refractivity contribution < 1.29 is 18.0 Å². The number of benzene rings is 1. The molecule has 4 heteroatoms. The van der Waals surface area contributed by atoms with Crippen LogP contribution in [0.5, 0.6) is 0 Å². The van der Waals surface area contributed by atoms with Gasteiger partial charge in [-0.25, -0.2) is 0 Å². The molecule has 0 radical (unpaired) electrons. The van der Waals surface area contributed by atoms with E-state index >= 15 is 0 Å². The average Bonchev–Trinajstić information content (AvgIpc) is 2.28. The lowest BCUT2D eigenvalue weighted by Crippen LogP contribution is -2.09. The molecule has 0 bridgehead atoms. The molecule has 0 fully saturated rings. The van der Waals surface area contributed by atoms with E-state index in [1.54, 1.807) is 0 Å². The van der Waals surface area contributed by atoms with Gasteiger partial charge in [0, 0.05) is 12.0 Å². The van der Waals surface area contributed by atoms with Gasteiger partial charge < -0.3 is 0 Å². The van der Waals surface area contributed by atoms with Gasteiger partial charge in [-0.2, -0.15) is 13.2 Å². The Hall–Kier alpha value is -1.32. The number of carbonyl (C=O) groups excluding carboxylic acids is 1. The number of hydrogen-bond acceptors (Lipinski definition) is 1. The number of alkyl halides is 3. The number of ketones is 1. The first-order valence-corrected chi connectivity index (χ1v) is 6.05. The predicted octanol–water partition coefficient (Wildman–Crippen LogP) is 4.71. The number of Topliss-reactive ketones (excluding diaryl/α,β-unsaturated/α-hetero) is 1. The van der Waals surface area contributed by atoms with Crippen molar-refractivity contribution in [1.29, 1.82) is 0 Å². The fraction of sp³-hybridized carbons (Fsp3) is 0.500. The van der Waals surface area contributed by atoms with Crippen LogP contribution in [0.1, 0.15) is 49.0 Å². The molecule has 100 valence electrons. The SMILES string of the molecule is CCCC(C)CC(=O)c1cccc(C(F)(F)F)c1. The van der Waals surface area contributed by atoms with Gasteiger partial charge in [0.25, 0.3) is 0 Å². The standard InChI is InChI=1S/C14H17F3O/c1-3-5-10(2)8-13(18)11-6-4-7-12(9-11)14(15,16)17/h4,6-7,9-10H,3,5,8H2,1-2H3. The Morgan fingerprint density at radius 3 is 2.56 bits per heavy atom. The smallest absolute Gasteiger partial charge is 0.294 e. The van der Waals surface area contributed by atoms with Crippen LogP contribution in [0.15, 0.2) is 24.3 Å². The van der Waals surface area contributed by atoms with Crippen molar-refractivity contribution in [3.05, 3.63) is 35.4 Å². The molecule has 0 saturated carbocycles. The summed E-state index contributed by atoms with van der Waals surface area (Å²) in [6.45, 7) is 3.96. The van der Waals surface area contributed by atoms with Gasteiger partial charge >= 0.3 is 6.18 Å². The van der Waals surface area contributed by atoms with Crippen molar-refractivity contribution in [3.63, 3.8) is 0 Å². The van der Waals surface area contributed by atoms with Crippen LogP contribution in [0, 0.1) is 5.92 Å². The first-order chi connectivity index (χ1) is 8.34. The van der Waals surface area contributed by atoms with Crippen molar-refractivity contribution in [2.24, 2.45) is 5.92 Å². The van der Waals surface area contributed by atoms with Gasteiger partial charge in [-0.15, -0.1) is 0 Å². The Morgan fingerprint density at radius 2 is 2.00 bits per heavy atom. The third kappa shape index (κ3) is 4.17. The highest BCUT2D eigenvalue weighted by Gasteiger charge is 2.30. The van der Waals surface area contributed by atoms with Crippen LogP contribution in [0.2, 0.25) is 0 Å². The average molecular weight is 258 g/mol. The van der Waals surface area contributed by atoms with Crippen LogP contribution in [0.4, 0.5) is 13.2 Å². The molecule has 1 aromatic rings. The molecule has 0 aliphatic rings. The Morgan fingerprint density at radius 1 is 1.33 bits per heavy atom. The molecule has 1 atom stereocenters. The van der Waals surface area contributed by atoms with Crippen molar-refractivity contribution in [3.8, 4) is 0 Å². The van der Waals surface area contributed by atoms with E-state index in [2.05, 4.69) is 0 Å². The van der Waals surface area contributed by atoms with Crippen LogP contribution in [-0.2, 0) is 6.18 Å². The molecule has 1 nitrogen and oxygen atoms in total. The Balaban J connectivity index is 2.81. The molecule has 1 unspecified atom stereocenters. The Bertz CT molecular complexity index is 410. The molecular formula is C14H17F3O. The van der Waals surface area contributed by atoms with E-state index in [0.29, 0.717) is 6.42 Å². The van der Waals surface area contributed by atoms with Gasteiger partial charge in [-0.3, -0.25) is 4.79 Å². The van der Waals surface area contributed by atoms with E-state index in [4.69, 9.17) is 0 Å². The van der Waals surface area contributed by atoms with Crippen LogP contribution in [0.3, 0.4) is 0 Å². The van der Waals surface area contributed by atoms with Gasteiger partial charge in [0.2, 0.25) is 0 Å². The predicted molar refractivity (Wildman–Crippen MR) is 64.5 cm³/mol. The zero-order valence-corrected chi connectivity index (χ0v) is 10.6. The monoisotopic (exact) mass is 258 g/mol. The van der Waals surface area contributed by atoms with Crippen molar-refractivity contribution in [1.82, 2.24) is 0 Å². The van der Waals surface area contributed by atoms with E-state index in [1.807, 2.05) is 13.8 Å². The van der Waals surface area contributed by atoms with E-state index in [-0.39, 0.29) is 17.3 Å². The lowest BCUT2D eigenvalue weighted by atomic mass is 9.95. The lowest BCUT2D eigenvalue weighted by molar-refractivity contribution is -0.137. The van der Waals surface area contributed by atoms with Gasteiger partial charge in [-0.1, -0.05) is 38.8 Å². The van der Waals surface area contributed by atoms with E-state index in [0.717, 1.165) is 25.0 Å². The number of halogens is 3. The molecular weight excluding hydrogens is 241 g/mol. The van der Waals surface area contributed by atoms with Crippen molar-refractivity contribution >= 4 is 5.78 Å². The number of carbonyl (C=O) groups is 1. The second-order valence-electron chi connectivity index (χ2n) is 4.60. The summed E-state index contributed by atoms with van der Waals surface area (Å²) in [5.41, 5.74) is -0.621. The zero-order chi connectivity index (χ0) is 13.8. The van der Waals surface area contributed by atoms with E-state index < -0.39 is 11.7 Å². The number of rotatable bonds is 5. The third-order valence-corrected chi connectivity index (χ3v) is 2.83. The molecule has 0 aliphatic heterocycles. The summed E-state index contributed by atoms with van der Waals surface area (Å²) in [6, 6.07) is 4.63. The van der Waals surface area contributed by atoms with Crippen LogP contribution in [0.25, 0.3) is 0 Å². The molecule has 0 aromatic heterocycles. The minimum Gasteiger partial charge on any atom is -0.294 e. The van der Waals surface area contributed by atoms with E-state index in [9.17, 15) is 18.0 Å². The fourth-order valence-corrected chi connectivity index (χ4v) is 1.90. The highest BCUT2D eigenvalue weighted by atomic mass is 19.4. The van der Waals surface area contributed by atoms with Gasteiger partial charge in [0.15, 0.2) is 5.78 Å². The van der Waals surface area contributed by atoms with E-state index in [1.165, 1.54) is 12.1 Å². The number of hydrogen-bond donors (Lipinski definition) is 0. The maximum atomic E-state index is 12.5. The van der Waals surface area contributed by atoms with Gasteiger partial charge in [0.1, 0.15) is 0 Å². The second kappa shape index (κ2) is 6.03. The molecule has 0 spiro atoms. The molecule has 0 saturated heterocycles. The molecule has 0 heterocycles. The summed E-state index contributed by atoms with van der Waals surface area (Å²) in [6.07, 6.45) is -2.22. The normalized spacial score (nSPS) is 13.4. The fourth-order valence-electron chi connectivity index (χ4n) is 1.90. The summed E-state index contributed by atoms with van der Waals surface area (Å²) in [7, 11) is 0. The van der Waals surface area contributed by atoms with Gasteiger partial charge in [0.05, 0.1) is 5.56 Å². The summed E-state index contributed by atoms with van der Waals surface area (Å²) in [5.74, 6) is -0.0147. The Labute approximate surface area is 105 Å². The van der Waals surface area contributed by atoms with Crippen LogP contribution >= 0.6 is 0 Å². The summed E-state index contributed by atoms with van der Waals surface area (Å²) >= 11 is 0. The quantitative estimate of drug-likeness (QED) is 0.699. The lowest BCUT2D eigenvalue weighted by Gasteiger charge is -2.11. The maximum absolute atomic E-state index is 12.5. The molecule has 18 heavy (non-hydrogen) atoms. The highest BCUT2D eigenvalue weighted by molar-refractivity contribution is 5.96. The summed E-state index contributed by atoms with van der Waals surface area (Å²) in [4.78, 5) is 11.8. The second-order valence-corrected chi connectivity index (χ2v) is 4.60. The first kappa shape index (κ1) is 14.7. The topological polar surface area (TPSA) is 17.1 Å². The zero-order valence-electron chi connectivity index (χ0n) is 10.6. The van der Waals surface area contributed by atoms with Crippen molar-refractivity contribution in [2.45, 2.75) is 39.3 Å². The summed E-state index contributed by atoms with van der Waals surface area (Å²) in [5, 5.41) is 0. The maximum Gasteiger partial charge on any atom is 0.416 e. The van der Waals surface area contributed by atoms with Crippen LogP contribution in [-0.4, -0.2) is 5.78 Å². The molecule has 1 aromatic carbocycles. The first-order valence-electron chi connectivity index (χ1n) is 6.05. The third-order valence-electron chi connectivity index (χ3n) is 2.83. The highest BCUT2D eigenvalue weighted by Crippen LogP contribution is 2.30. The van der Waals surface area contributed by atoms with Gasteiger partial charge in [-0.05, 0) is 18.1 Å².